The number of hydrogen-bond acceptors (Lipinski definition) is 2. The third-order valence-electron chi connectivity index (χ3n) is 3.20. The summed E-state index contributed by atoms with van der Waals surface area (Å²) in [4.78, 5) is 0. The van der Waals surface area contributed by atoms with Crippen molar-refractivity contribution in [2.75, 3.05) is 6.54 Å². The van der Waals surface area contributed by atoms with E-state index < -0.39 is 0 Å². The van der Waals surface area contributed by atoms with E-state index in [1.165, 1.54) is 5.56 Å². The van der Waals surface area contributed by atoms with E-state index in [1.54, 1.807) is 0 Å². The predicted octanol–water partition coefficient (Wildman–Crippen LogP) is 2.57. The van der Waals surface area contributed by atoms with Crippen molar-refractivity contribution in [3.63, 3.8) is 0 Å². The van der Waals surface area contributed by atoms with E-state index in [4.69, 9.17) is 0 Å². The van der Waals surface area contributed by atoms with E-state index >= 15 is 0 Å². The monoisotopic (exact) mass is 238 g/mol. The second-order valence-corrected chi connectivity index (χ2v) is 4.97. The Morgan fingerprint density at radius 3 is 2.59 bits per heavy atom. The molecule has 1 rings (SSSR count). The van der Waals surface area contributed by atoms with Gasteiger partial charge in [-0.05, 0) is 30.5 Å². The van der Waals surface area contributed by atoms with Crippen LogP contribution in [0.2, 0.25) is 0 Å². The van der Waals surface area contributed by atoms with Gasteiger partial charge in [-0.3, -0.25) is 0 Å². The van der Waals surface area contributed by atoms with Crippen molar-refractivity contribution < 1.29 is 5.11 Å². The summed E-state index contributed by atoms with van der Waals surface area (Å²) < 4.78 is 2.08. The largest absolute Gasteiger partial charge is 0.391 e. The second kappa shape index (κ2) is 6.82. The Morgan fingerprint density at radius 1 is 1.35 bits per heavy atom. The molecule has 1 heterocycles. The minimum absolute atomic E-state index is 0.269. The maximum atomic E-state index is 9.85. The van der Waals surface area contributed by atoms with Gasteiger partial charge in [-0.1, -0.05) is 27.7 Å². The van der Waals surface area contributed by atoms with Crippen LogP contribution in [0.25, 0.3) is 0 Å². The summed E-state index contributed by atoms with van der Waals surface area (Å²) in [5.74, 6) is 0.302. The van der Waals surface area contributed by atoms with Gasteiger partial charge in [0.05, 0.1) is 6.10 Å². The molecule has 0 saturated carbocycles. The highest BCUT2D eigenvalue weighted by molar-refractivity contribution is 5.15. The van der Waals surface area contributed by atoms with E-state index in [0.717, 1.165) is 13.0 Å². The summed E-state index contributed by atoms with van der Waals surface area (Å²) in [6.07, 6.45) is 5.02. The first-order chi connectivity index (χ1) is 8.08. The lowest BCUT2D eigenvalue weighted by Crippen LogP contribution is -2.21. The van der Waals surface area contributed by atoms with Crippen molar-refractivity contribution in [1.82, 2.24) is 9.88 Å². The average molecular weight is 238 g/mol. The van der Waals surface area contributed by atoms with Gasteiger partial charge in [0, 0.05) is 25.0 Å². The van der Waals surface area contributed by atoms with Gasteiger partial charge < -0.3 is 15.0 Å². The molecule has 3 heteroatoms. The summed E-state index contributed by atoms with van der Waals surface area (Å²) in [6, 6.07) is 2.57. The third kappa shape index (κ3) is 4.17. The second-order valence-electron chi connectivity index (χ2n) is 4.97. The minimum Gasteiger partial charge on any atom is -0.391 e. The molecular formula is C14H26N2O. The Labute approximate surface area is 105 Å². The highest BCUT2D eigenvalue weighted by Crippen LogP contribution is 2.17. The van der Waals surface area contributed by atoms with Crippen LogP contribution in [-0.4, -0.2) is 22.3 Å². The van der Waals surface area contributed by atoms with Crippen LogP contribution in [0.15, 0.2) is 18.5 Å². The molecule has 2 atom stereocenters. The standard InChI is InChI=1S/C14H26N2O/c1-5-13(15-6-2)12-7-8-16(9-12)10-14(17)11(3)4/h7-9,11,13-15,17H,5-6,10H2,1-4H3. The number of aromatic nitrogens is 1. The Hall–Kier alpha value is -0.800. The van der Waals surface area contributed by atoms with Crippen LogP contribution in [0.3, 0.4) is 0 Å². The van der Waals surface area contributed by atoms with Gasteiger partial charge >= 0.3 is 0 Å². The Kier molecular flexibility index (Phi) is 5.72. The molecule has 2 unspecified atom stereocenters. The van der Waals surface area contributed by atoms with E-state index in [9.17, 15) is 5.11 Å². The molecule has 3 nitrogen and oxygen atoms in total. The average Bonchev–Trinajstić information content (AvgIpc) is 2.74. The highest BCUT2D eigenvalue weighted by atomic mass is 16.3. The van der Waals surface area contributed by atoms with Crippen molar-refractivity contribution in [3.8, 4) is 0 Å². The highest BCUT2D eigenvalue weighted by Gasteiger charge is 2.12. The Bertz CT molecular complexity index is 320. The zero-order valence-corrected chi connectivity index (χ0v) is 11.5. The van der Waals surface area contributed by atoms with Gasteiger partial charge in [-0.15, -0.1) is 0 Å². The van der Waals surface area contributed by atoms with Gasteiger partial charge in [-0.25, -0.2) is 0 Å². The number of rotatable bonds is 7. The molecular weight excluding hydrogens is 212 g/mol. The van der Waals surface area contributed by atoms with Crippen molar-refractivity contribution >= 4 is 0 Å². The molecule has 0 radical (unpaired) electrons. The van der Waals surface area contributed by atoms with E-state index in [1.807, 2.05) is 13.8 Å². The number of nitrogens with zero attached hydrogens (tertiary/aromatic N) is 1. The summed E-state index contributed by atoms with van der Waals surface area (Å²) >= 11 is 0. The van der Waals surface area contributed by atoms with Crippen molar-refractivity contribution in [1.29, 1.82) is 0 Å². The lowest BCUT2D eigenvalue weighted by atomic mass is 10.1. The first-order valence-corrected chi connectivity index (χ1v) is 6.65. The molecule has 2 N–H and O–H groups in total. The number of nitrogens with one attached hydrogen (secondary N) is 1. The van der Waals surface area contributed by atoms with Crippen LogP contribution >= 0.6 is 0 Å². The molecule has 0 amide bonds. The minimum atomic E-state index is -0.269. The summed E-state index contributed by atoms with van der Waals surface area (Å²) in [6.45, 7) is 10.1. The molecule has 17 heavy (non-hydrogen) atoms. The first-order valence-electron chi connectivity index (χ1n) is 6.65. The smallest absolute Gasteiger partial charge is 0.0741 e. The fraction of sp³-hybridized carbons (Fsp3) is 0.714. The zero-order valence-electron chi connectivity index (χ0n) is 11.5. The number of aliphatic hydroxyl groups excluding tert-OH is 1. The third-order valence-corrected chi connectivity index (χ3v) is 3.20. The van der Waals surface area contributed by atoms with Crippen molar-refractivity contribution in [2.45, 2.75) is 52.8 Å². The first kappa shape index (κ1) is 14.3. The maximum Gasteiger partial charge on any atom is 0.0741 e. The lowest BCUT2D eigenvalue weighted by Gasteiger charge is -2.16. The Morgan fingerprint density at radius 2 is 2.06 bits per heavy atom. The molecule has 0 fully saturated rings. The molecule has 0 aliphatic rings. The summed E-state index contributed by atoms with van der Waals surface area (Å²) in [5, 5.41) is 13.3. The van der Waals surface area contributed by atoms with Crippen molar-refractivity contribution in [3.05, 3.63) is 24.0 Å². The SMILES string of the molecule is CCNC(CC)c1ccn(CC(O)C(C)C)c1. The molecule has 1 aromatic heterocycles. The van der Waals surface area contributed by atoms with E-state index in [2.05, 4.69) is 42.2 Å². The molecule has 0 aliphatic heterocycles. The molecule has 0 bridgehead atoms. The molecule has 98 valence electrons. The van der Waals surface area contributed by atoms with Crippen LogP contribution in [-0.2, 0) is 6.54 Å². The van der Waals surface area contributed by atoms with Gasteiger partial charge in [0.25, 0.3) is 0 Å². The summed E-state index contributed by atoms with van der Waals surface area (Å²) in [7, 11) is 0. The van der Waals surface area contributed by atoms with Crippen LogP contribution in [0, 0.1) is 5.92 Å². The van der Waals surface area contributed by atoms with Crippen LogP contribution in [0.4, 0.5) is 0 Å². The topological polar surface area (TPSA) is 37.2 Å². The van der Waals surface area contributed by atoms with Gasteiger partial charge in [0.2, 0.25) is 0 Å². The van der Waals surface area contributed by atoms with E-state index in [0.29, 0.717) is 18.5 Å². The molecule has 0 spiro atoms. The van der Waals surface area contributed by atoms with Crippen LogP contribution in [0.1, 0.15) is 45.7 Å². The van der Waals surface area contributed by atoms with Crippen molar-refractivity contribution in [2.24, 2.45) is 5.92 Å². The molecule has 0 saturated heterocycles. The quantitative estimate of drug-likeness (QED) is 0.766. The fourth-order valence-electron chi connectivity index (χ4n) is 1.95. The summed E-state index contributed by atoms with van der Waals surface area (Å²) in [5.41, 5.74) is 1.31. The van der Waals surface area contributed by atoms with Gasteiger partial charge in [-0.2, -0.15) is 0 Å². The van der Waals surface area contributed by atoms with Gasteiger partial charge in [0.15, 0.2) is 0 Å². The van der Waals surface area contributed by atoms with Crippen LogP contribution < -0.4 is 5.32 Å². The normalized spacial score (nSPS) is 15.2. The lowest BCUT2D eigenvalue weighted by molar-refractivity contribution is 0.107. The Balaban J connectivity index is 2.63. The maximum absolute atomic E-state index is 9.85. The van der Waals surface area contributed by atoms with Gasteiger partial charge in [0.1, 0.15) is 0 Å². The molecule has 0 aromatic carbocycles. The molecule has 0 aliphatic carbocycles. The predicted molar refractivity (Wildman–Crippen MR) is 72.0 cm³/mol. The number of hydrogen-bond donors (Lipinski definition) is 2. The number of aliphatic hydroxyl groups is 1. The fourth-order valence-corrected chi connectivity index (χ4v) is 1.95. The van der Waals surface area contributed by atoms with Crippen LogP contribution in [0.5, 0.6) is 0 Å². The zero-order chi connectivity index (χ0) is 12.8. The van der Waals surface area contributed by atoms with E-state index in [-0.39, 0.29) is 6.10 Å². The molecule has 1 aromatic rings.